The molecule has 2 rings (SSSR count). The third kappa shape index (κ3) is 2.85. The summed E-state index contributed by atoms with van der Waals surface area (Å²) in [5.74, 6) is 1.01. The van der Waals surface area contributed by atoms with Gasteiger partial charge in [0.1, 0.15) is 12.4 Å². The van der Waals surface area contributed by atoms with E-state index < -0.39 is 0 Å². The predicted molar refractivity (Wildman–Crippen MR) is 76.2 cm³/mol. The van der Waals surface area contributed by atoms with Crippen LogP contribution in [0.15, 0.2) is 30.9 Å². The standard InChI is InChI=1S/C15H22N2O/c1-4-9-17(12(2)3)11-13-6-5-7-14-15(13)18-10-8-16-14/h4-7,12,16H,1,8-11H2,2-3H3. The monoisotopic (exact) mass is 246 g/mol. The third-order valence-electron chi connectivity index (χ3n) is 3.23. The molecule has 1 aliphatic rings. The first-order valence-electron chi connectivity index (χ1n) is 6.56. The lowest BCUT2D eigenvalue weighted by Crippen LogP contribution is -2.31. The molecule has 0 saturated carbocycles. The first kappa shape index (κ1) is 13.0. The van der Waals surface area contributed by atoms with Gasteiger partial charge in [-0.2, -0.15) is 0 Å². The Morgan fingerprint density at radius 3 is 3.06 bits per heavy atom. The van der Waals surface area contributed by atoms with Crippen molar-refractivity contribution in [1.29, 1.82) is 0 Å². The van der Waals surface area contributed by atoms with Crippen molar-refractivity contribution in [2.75, 3.05) is 25.0 Å². The Kier molecular flexibility index (Phi) is 4.26. The van der Waals surface area contributed by atoms with Crippen LogP contribution in [0.1, 0.15) is 19.4 Å². The van der Waals surface area contributed by atoms with Crippen molar-refractivity contribution in [1.82, 2.24) is 4.90 Å². The molecule has 1 aromatic rings. The number of hydrogen-bond acceptors (Lipinski definition) is 3. The number of hydrogen-bond donors (Lipinski definition) is 1. The molecule has 1 N–H and O–H groups in total. The van der Waals surface area contributed by atoms with Crippen molar-refractivity contribution in [3.05, 3.63) is 36.4 Å². The second-order valence-electron chi connectivity index (χ2n) is 4.88. The van der Waals surface area contributed by atoms with Crippen LogP contribution < -0.4 is 10.1 Å². The normalized spacial score (nSPS) is 14.0. The van der Waals surface area contributed by atoms with Crippen molar-refractivity contribution in [3.8, 4) is 5.75 Å². The summed E-state index contributed by atoms with van der Waals surface area (Å²) in [6, 6.07) is 6.80. The average Bonchev–Trinajstić information content (AvgIpc) is 2.38. The second kappa shape index (κ2) is 5.91. The molecule has 0 aliphatic carbocycles. The molecule has 0 atom stereocenters. The van der Waals surface area contributed by atoms with Gasteiger partial charge in [-0.05, 0) is 19.9 Å². The molecule has 0 saturated heterocycles. The molecule has 1 heterocycles. The number of benzene rings is 1. The van der Waals surface area contributed by atoms with Gasteiger partial charge in [0.15, 0.2) is 0 Å². The Morgan fingerprint density at radius 1 is 1.50 bits per heavy atom. The Morgan fingerprint density at radius 2 is 2.33 bits per heavy atom. The molecule has 3 heteroatoms. The number of nitrogens with one attached hydrogen (secondary N) is 1. The lowest BCUT2D eigenvalue weighted by molar-refractivity contribution is 0.231. The Bertz CT molecular complexity index is 415. The maximum atomic E-state index is 5.80. The van der Waals surface area contributed by atoms with Crippen LogP contribution >= 0.6 is 0 Å². The van der Waals surface area contributed by atoms with Crippen LogP contribution in [-0.2, 0) is 6.54 Å². The maximum Gasteiger partial charge on any atom is 0.146 e. The molecule has 1 aromatic carbocycles. The molecule has 0 bridgehead atoms. The zero-order chi connectivity index (χ0) is 13.0. The van der Waals surface area contributed by atoms with Crippen LogP contribution in [-0.4, -0.2) is 30.6 Å². The topological polar surface area (TPSA) is 24.5 Å². The van der Waals surface area contributed by atoms with Crippen molar-refractivity contribution >= 4 is 5.69 Å². The van der Waals surface area contributed by atoms with Gasteiger partial charge in [0.2, 0.25) is 0 Å². The molecule has 18 heavy (non-hydrogen) atoms. The minimum atomic E-state index is 0.496. The summed E-state index contributed by atoms with van der Waals surface area (Å²) in [5.41, 5.74) is 2.36. The summed E-state index contributed by atoms with van der Waals surface area (Å²) in [5, 5.41) is 3.37. The number of nitrogens with zero attached hydrogens (tertiary/aromatic N) is 1. The van der Waals surface area contributed by atoms with E-state index in [-0.39, 0.29) is 0 Å². The fraction of sp³-hybridized carbons (Fsp3) is 0.467. The molecule has 0 unspecified atom stereocenters. The minimum Gasteiger partial charge on any atom is -0.489 e. The molecule has 1 aliphatic heterocycles. The van der Waals surface area contributed by atoms with E-state index >= 15 is 0 Å². The number of anilines is 1. The summed E-state index contributed by atoms with van der Waals surface area (Å²) < 4.78 is 5.80. The highest BCUT2D eigenvalue weighted by molar-refractivity contribution is 5.61. The van der Waals surface area contributed by atoms with Gasteiger partial charge in [0.05, 0.1) is 5.69 Å². The van der Waals surface area contributed by atoms with Gasteiger partial charge in [0, 0.05) is 31.2 Å². The van der Waals surface area contributed by atoms with Crippen LogP contribution in [0, 0.1) is 0 Å². The zero-order valence-corrected chi connectivity index (χ0v) is 11.3. The Hall–Kier alpha value is -1.48. The summed E-state index contributed by atoms with van der Waals surface area (Å²) in [6.07, 6.45) is 1.95. The molecule has 0 amide bonds. The average molecular weight is 246 g/mol. The van der Waals surface area contributed by atoms with Crippen LogP contribution in [0.4, 0.5) is 5.69 Å². The molecule has 98 valence electrons. The summed E-state index contributed by atoms with van der Waals surface area (Å²) in [4.78, 5) is 2.38. The van der Waals surface area contributed by atoms with E-state index in [2.05, 4.69) is 48.8 Å². The lowest BCUT2D eigenvalue weighted by atomic mass is 10.1. The SMILES string of the molecule is C=CCN(Cc1cccc2c1OCCN2)C(C)C. The second-order valence-corrected chi connectivity index (χ2v) is 4.88. The van der Waals surface area contributed by atoms with Gasteiger partial charge >= 0.3 is 0 Å². The summed E-state index contributed by atoms with van der Waals surface area (Å²) in [7, 11) is 0. The molecular formula is C15H22N2O. The van der Waals surface area contributed by atoms with Gasteiger partial charge in [-0.1, -0.05) is 18.2 Å². The zero-order valence-electron chi connectivity index (χ0n) is 11.3. The van der Waals surface area contributed by atoms with Gasteiger partial charge in [-0.25, -0.2) is 0 Å². The number of fused-ring (bicyclic) bond motifs is 1. The fourth-order valence-electron chi connectivity index (χ4n) is 2.20. The largest absolute Gasteiger partial charge is 0.489 e. The quantitative estimate of drug-likeness (QED) is 0.808. The van der Waals surface area contributed by atoms with Crippen molar-refractivity contribution < 1.29 is 4.74 Å². The van der Waals surface area contributed by atoms with Crippen LogP contribution in [0.2, 0.25) is 0 Å². The molecule has 0 fully saturated rings. The lowest BCUT2D eigenvalue weighted by Gasteiger charge is -2.28. The highest BCUT2D eigenvalue weighted by Crippen LogP contribution is 2.32. The molecular weight excluding hydrogens is 224 g/mol. The van der Waals surface area contributed by atoms with Gasteiger partial charge in [0.25, 0.3) is 0 Å². The number of ether oxygens (including phenoxy) is 1. The number of para-hydroxylation sites is 1. The van der Waals surface area contributed by atoms with Crippen LogP contribution in [0.5, 0.6) is 5.75 Å². The highest BCUT2D eigenvalue weighted by atomic mass is 16.5. The van der Waals surface area contributed by atoms with E-state index in [9.17, 15) is 0 Å². The van der Waals surface area contributed by atoms with E-state index in [1.807, 2.05) is 6.08 Å². The fourth-order valence-corrected chi connectivity index (χ4v) is 2.20. The molecule has 0 radical (unpaired) electrons. The molecule has 3 nitrogen and oxygen atoms in total. The smallest absolute Gasteiger partial charge is 0.146 e. The van der Waals surface area contributed by atoms with E-state index in [0.29, 0.717) is 6.04 Å². The number of rotatable bonds is 5. The summed E-state index contributed by atoms with van der Waals surface area (Å²) >= 11 is 0. The highest BCUT2D eigenvalue weighted by Gasteiger charge is 2.16. The Labute approximate surface area is 109 Å². The molecule has 0 aromatic heterocycles. The van der Waals surface area contributed by atoms with Gasteiger partial charge < -0.3 is 10.1 Å². The maximum absolute atomic E-state index is 5.80. The predicted octanol–water partition coefficient (Wildman–Crippen LogP) is 2.89. The molecule has 0 spiro atoms. The Balaban J connectivity index is 2.19. The first-order valence-corrected chi connectivity index (χ1v) is 6.56. The van der Waals surface area contributed by atoms with E-state index in [4.69, 9.17) is 4.74 Å². The van der Waals surface area contributed by atoms with E-state index in [1.54, 1.807) is 0 Å². The van der Waals surface area contributed by atoms with Gasteiger partial charge in [-0.15, -0.1) is 6.58 Å². The van der Waals surface area contributed by atoms with E-state index in [0.717, 1.165) is 37.7 Å². The first-order chi connectivity index (χ1) is 8.72. The summed E-state index contributed by atoms with van der Waals surface area (Å²) in [6.45, 7) is 11.7. The van der Waals surface area contributed by atoms with Gasteiger partial charge in [-0.3, -0.25) is 4.90 Å². The van der Waals surface area contributed by atoms with Crippen molar-refractivity contribution in [2.24, 2.45) is 0 Å². The van der Waals surface area contributed by atoms with Crippen LogP contribution in [0.25, 0.3) is 0 Å². The van der Waals surface area contributed by atoms with E-state index in [1.165, 1.54) is 5.56 Å². The third-order valence-corrected chi connectivity index (χ3v) is 3.23. The van der Waals surface area contributed by atoms with Crippen molar-refractivity contribution in [2.45, 2.75) is 26.4 Å². The van der Waals surface area contributed by atoms with Crippen molar-refractivity contribution in [3.63, 3.8) is 0 Å². The van der Waals surface area contributed by atoms with Crippen LogP contribution in [0.3, 0.4) is 0 Å². The minimum absolute atomic E-state index is 0.496.